The number of carbonyl (C=O) groups excluding carboxylic acids is 3. The summed E-state index contributed by atoms with van der Waals surface area (Å²) in [5.41, 5.74) is 6.04. The molecule has 4 atom stereocenters. The van der Waals surface area contributed by atoms with E-state index in [1.54, 1.807) is 29.0 Å². The molecule has 0 radical (unpaired) electrons. The summed E-state index contributed by atoms with van der Waals surface area (Å²) < 4.78 is 0. The van der Waals surface area contributed by atoms with E-state index in [4.69, 9.17) is 0 Å². The van der Waals surface area contributed by atoms with Gasteiger partial charge in [-0.25, -0.2) is 4.98 Å². The van der Waals surface area contributed by atoms with Crippen molar-refractivity contribution in [1.82, 2.24) is 20.1 Å². The number of hydrogen-bond donors (Lipinski definition) is 3. The number of nitrogens with one attached hydrogen (secondary N) is 1. The molecule has 10 heteroatoms. The van der Waals surface area contributed by atoms with Crippen LogP contribution >= 0.6 is 11.3 Å². The molecular weight excluding hydrogens is 516 g/mol. The smallest absolute Gasteiger partial charge is 0.255 e. The van der Waals surface area contributed by atoms with Crippen molar-refractivity contribution in [3.05, 3.63) is 76.4 Å². The number of thiazole rings is 1. The summed E-state index contributed by atoms with van der Waals surface area (Å²) in [4.78, 5) is 48.4. The summed E-state index contributed by atoms with van der Waals surface area (Å²) in [5, 5.41) is 23.9. The largest absolute Gasteiger partial charge is 0.388 e. The fourth-order valence-electron chi connectivity index (χ4n) is 5.44. The summed E-state index contributed by atoms with van der Waals surface area (Å²) >= 11 is 1.56. The molecule has 1 aromatic heterocycles. The van der Waals surface area contributed by atoms with Crippen LogP contribution < -0.4 is 5.32 Å². The third kappa shape index (κ3) is 5.07. The van der Waals surface area contributed by atoms with Gasteiger partial charge < -0.3 is 25.3 Å². The van der Waals surface area contributed by atoms with Crippen LogP contribution in [0.15, 0.2) is 54.0 Å². The Hall–Kier alpha value is -3.60. The van der Waals surface area contributed by atoms with E-state index in [-0.39, 0.29) is 31.5 Å². The van der Waals surface area contributed by atoms with Gasteiger partial charge in [0, 0.05) is 18.7 Å². The average Bonchev–Trinajstić information content (AvgIpc) is 3.58. The van der Waals surface area contributed by atoms with Crippen LogP contribution in [0.1, 0.15) is 41.0 Å². The lowest BCUT2D eigenvalue weighted by molar-refractivity contribution is -0.145. The number of hydrogen-bond acceptors (Lipinski definition) is 7. The fraction of sp³-hybridized carbons (Fsp3) is 0.379. The number of aromatic nitrogens is 1. The van der Waals surface area contributed by atoms with Crippen LogP contribution in [0.4, 0.5) is 0 Å². The summed E-state index contributed by atoms with van der Waals surface area (Å²) in [5.74, 6) is -1.52. The Bertz CT molecular complexity index is 1390. The zero-order valence-corrected chi connectivity index (χ0v) is 22.9. The second-order valence-corrected chi connectivity index (χ2v) is 11.3. The topological polar surface area (TPSA) is 123 Å². The average molecular weight is 549 g/mol. The molecular formula is C29H32N4O5S. The second kappa shape index (κ2) is 10.9. The van der Waals surface area contributed by atoms with E-state index in [2.05, 4.69) is 10.3 Å². The van der Waals surface area contributed by atoms with Crippen molar-refractivity contribution >= 4 is 29.1 Å². The van der Waals surface area contributed by atoms with Crippen LogP contribution in [-0.4, -0.2) is 73.6 Å². The third-order valence-corrected chi connectivity index (χ3v) is 8.46. The van der Waals surface area contributed by atoms with E-state index in [1.807, 2.05) is 57.2 Å². The van der Waals surface area contributed by atoms with Crippen molar-refractivity contribution in [2.75, 3.05) is 6.54 Å². The van der Waals surface area contributed by atoms with Gasteiger partial charge in [0.1, 0.15) is 18.2 Å². The standard InChI is InChI=1S/C29H32N4O5S/c1-16(2)23(32-13-20-6-4-5-7-21(20)28(32)37)29(38)33-14-22(34)25(35)24(33)27(36)30-12-18-8-10-19(11-9-18)26-17(3)31-15-39-26/h4-11,15-16,22-25,34-35H,12-14H2,1-3H3,(H,30,36)/t22-,23?,24-,25-/m0/s1. The highest BCUT2D eigenvalue weighted by Gasteiger charge is 2.50. The van der Waals surface area contributed by atoms with Crippen LogP contribution in [0.2, 0.25) is 0 Å². The predicted molar refractivity (Wildman–Crippen MR) is 147 cm³/mol. The van der Waals surface area contributed by atoms with Gasteiger partial charge in [0.2, 0.25) is 11.8 Å². The Morgan fingerprint density at radius 1 is 1.13 bits per heavy atom. The first-order valence-corrected chi connectivity index (χ1v) is 13.9. The summed E-state index contributed by atoms with van der Waals surface area (Å²) in [6.07, 6.45) is -2.71. The highest BCUT2D eigenvalue weighted by molar-refractivity contribution is 7.13. The molecule has 0 aliphatic carbocycles. The monoisotopic (exact) mass is 548 g/mol. The molecule has 3 amide bonds. The maximum absolute atomic E-state index is 13.9. The molecule has 39 heavy (non-hydrogen) atoms. The zero-order valence-electron chi connectivity index (χ0n) is 22.1. The third-order valence-electron chi connectivity index (χ3n) is 7.49. The van der Waals surface area contributed by atoms with Crippen LogP contribution in [0.25, 0.3) is 10.4 Å². The number of rotatable bonds is 7. The van der Waals surface area contributed by atoms with E-state index >= 15 is 0 Å². The number of amides is 3. The summed E-state index contributed by atoms with van der Waals surface area (Å²) in [6, 6.07) is 12.9. The first-order valence-electron chi connectivity index (χ1n) is 13.0. The molecule has 0 spiro atoms. The Kier molecular flexibility index (Phi) is 7.53. The molecule has 1 fully saturated rings. The first kappa shape index (κ1) is 27.0. The molecule has 2 aliphatic rings. The summed E-state index contributed by atoms with van der Waals surface area (Å²) in [7, 11) is 0. The van der Waals surface area contributed by atoms with Crippen molar-refractivity contribution in [1.29, 1.82) is 0 Å². The fourth-order valence-corrected chi connectivity index (χ4v) is 6.25. The Morgan fingerprint density at radius 3 is 2.49 bits per heavy atom. The van der Waals surface area contributed by atoms with Gasteiger partial charge in [-0.05, 0) is 35.6 Å². The van der Waals surface area contributed by atoms with Crippen LogP contribution in [0.3, 0.4) is 0 Å². The SMILES string of the molecule is Cc1ncsc1-c1ccc(CNC(=O)[C@@H]2[C@@H](O)[C@@H](O)CN2C(=O)C(C(C)C)N2Cc3ccccc3C2=O)cc1. The van der Waals surface area contributed by atoms with Gasteiger partial charge in [0.15, 0.2) is 0 Å². The number of aliphatic hydroxyl groups excluding tert-OH is 2. The van der Waals surface area contributed by atoms with Gasteiger partial charge in [0.05, 0.1) is 28.7 Å². The van der Waals surface area contributed by atoms with Crippen molar-refractivity contribution in [3.8, 4) is 10.4 Å². The molecule has 0 saturated carbocycles. The number of nitrogens with zero attached hydrogens (tertiary/aromatic N) is 3. The Balaban J connectivity index is 1.30. The number of aryl methyl sites for hydroxylation is 1. The van der Waals surface area contributed by atoms with E-state index in [0.717, 1.165) is 27.3 Å². The van der Waals surface area contributed by atoms with Crippen molar-refractivity contribution in [2.24, 2.45) is 5.92 Å². The van der Waals surface area contributed by atoms with Gasteiger partial charge >= 0.3 is 0 Å². The maximum Gasteiger partial charge on any atom is 0.255 e. The van der Waals surface area contributed by atoms with Gasteiger partial charge in [0.25, 0.3) is 5.91 Å². The second-order valence-electron chi connectivity index (χ2n) is 10.5. The maximum atomic E-state index is 13.9. The Morgan fingerprint density at radius 2 is 1.85 bits per heavy atom. The predicted octanol–water partition coefficient (Wildman–Crippen LogP) is 2.35. The van der Waals surface area contributed by atoms with Crippen molar-refractivity contribution < 1.29 is 24.6 Å². The van der Waals surface area contributed by atoms with Crippen molar-refractivity contribution in [3.63, 3.8) is 0 Å². The zero-order chi connectivity index (χ0) is 27.8. The lowest BCUT2D eigenvalue weighted by Crippen LogP contribution is -2.57. The first-order chi connectivity index (χ1) is 18.7. The molecule has 1 unspecified atom stereocenters. The van der Waals surface area contributed by atoms with Gasteiger partial charge in [-0.1, -0.05) is 56.3 Å². The number of aliphatic hydroxyl groups is 2. The normalized spacial score (nSPS) is 21.4. The van der Waals surface area contributed by atoms with Gasteiger partial charge in [-0.3, -0.25) is 14.4 Å². The van der Waals surface area contributed by atoms with Gasteiger partial charge in [-0.15, -0.1) is 11.3 Å². The van der Waals surface area contributed by atoms with E-state index < -0.39 is 36.1 Å². The molecule has 2 aromatic carbocycles. The van der Waals surface area contributed by atoms with Crippen LogP contribution in [0.5, 0.6) is 0 Å². The number of fused-ring (bicyclic) bond motifs is 1. The van der Waals surface area contributed by atoms with Crippen LogP contribution in [-0.2, 0) is 22.7 Å². The molecule has 3 aromatic rings. The molecule has 2 aliphatic heterocycles. The number of likely N-dealkylation sites (tertiary alicyclic amines) is 1. The van der Waals surface area contributed by atoms with E-state index in [9.17, 15) is 24.6 Å². The lowest BCUT2D eigenvalue weighted by Gasteiger charge is -2.35. The molecule has 1 saturated heterocycles. The quantitative estimate of drug-likeness (QED) is 0.417. The minimum absolute atomic E-state index is 0.190. The molecule has 3 N–H and O–H groups in total. The highest BCUT2D eigenvalue weighted by atomic mass is 32.1. The highest BCUT2D eigenvalue weighted by Crippen LogP contribution is 2.31. The number of benzene rings is 2. The number of β-amino-alcohol motifs (C(OH)–C–C–N with tert-alkyl or cyclic N) is 1. The Labute approximate surface area is 231 Å². The minimum atomic E-state index is -1.44. The van der Waals surface area contributed by atoms with Crippen molar-refractivity contribution in [2.45, 2.75) is 58.2 Å². The molecule has 9 nitrogen and oxygen atoms in total. The minimum Gasteiger partial charge on any atom is -0.388 e. The van der Waals surface area contributed by atoms with Crippen LogP contribution in [0, 0.1) is 12.8 Å². The molecule has 5 rings (SSSR count). The molecule has 3 heterocycles. The lowest BCUT2D eigenvalue weighted by atomic mass is 10.00. The molecule has 0 bridgehead atoms. The molecule has 204 valence electrons. The summed E-state index contributed by atoms with van der Waals surface area (Å²) in [6.45, 7) is 5.92. The van der Waals surface area contributed by atoms with E-state index in [0.29, 0.717) is 5.56 Å². The van der Waals surface area contributed by atoms with E-state index in [1.165, 1.54) is 9.80 Å². The van der Waals surface area contributed by atoms with Gasteiger partial charge in [-0.2, -0.15) is 0 Å². The number of carbonyl (C=O) groups is 3.